The maximum absolute atomic E-state index is 13.1. The van der Waals surface area contributed by atoms with Crippen LogP contribution in [0.15, 0.2) is 53.8 Å². The van der Waals surface area contributed by atoms with Gasteiger partial charge in [0.2, 0.25) is 12.5 Å². The van der Waals surface area contributed by atoms with Crippen molar-refractivity contribution >= 4 is 28.8 Å². The Labute approximate surface area is 186 Å². The number of aliphatic hydroxyl groups is 1. The third kappa shape index (κ3) is 3.25. The molecule has 1 amide bonds. The van der Waals surface area contributed by atoms with Gasteiger partial charge >= 0.3 is 0 Å². The fourth-order valence-electron chi connectivity index (χ4n) is 3.83. The third-order valence-corrected chi connectivity index (χ3v) is 6.11. The van der Waals surface area contributed by atoms with E-state index in [1.165, 1.54) is 41.9 Å². The van der Waals surface area contributed by atoms with Crippen molar-refractivity contribution in [3.63, 3.8) is 0 Å². The molecule has 1 fully saturated rings. The number of benzene rings is 1. The van der Waals surface area contributed by atoms with E-state index in [1.54, 1.807) is 12.1 Å². The number of rotatable bonds is 5. The molecule has 0 spiro atoms. The van der Waals surface area contributed by atoms with Gasteiger partial charge in [0.15, 0.2) is 17.3 Å². The first-order valence-electron chi connectivity index (χ1n) is 9.63. The largest absolute Gasteiger partial charge is 0.505 e. The van der Waals surface area contributed by atoms with Crippen molar-refractivity contribution in [2.75, 3.05) is 13.9 Å². The highest BCUT2D eigenvalue weighted by Crippen LogP contribution is 2.47. The first-order valence-corrected chi connectivity index (χ1v) is 10.5. The Morgan fingerprint density at radius 2 is 2.19 bits per heavy atom. The average molecular weight is 451 g/mol. The number of amides is 1. The molecule has 0 radical (unpaired) electrons. The molecule has 2 aromatic heterocycles. The summed E-state index contributed by atoms with van der Waals surface area (Å²) in [4.78, 5) is 36.5. The Kier molecular flexibility index (Phi) is 4.98. The van der Waals surface area contributed by atoms with Crippen LogP contribution in [0, 0.1) is 0 Å². The van der Waals surface area contributed by atoms with E-state index in [4.69, 9.17) is 14.2 Å². The zero-order valence-corrected chi connectivity index (χ0v) is 17.7. The van der Waals surface area contributed by atoms with E-state index in [1.807, 2.05) is 17.5 Å². The van der Waals surface area contributed by atoms with Crippen molar-refractivity contribution in [3.8, 4) is 17.2 Å². The molecular formula is C22H17N3O6S. The summed E-state index contributed by atoms with van der Waals surface area (Å²) in [6.07, 6.45) is 4.18. The molecule has 1 unspecified atom stereocenters. The van der Waals surface area contributed by atoms with Gasteiger partial charge in [-0.2, -0.15) is 0 Å². The molecule has 32 heavy (non-hydrogen) atoms. The molecule has 1 saturated heterocycles. The van der Waals surface area contributed by atoms with E-state index in [0.717, 1.165) is 4.88 Å². The second-order valence-electron chi connectivity index (χ2n) is 7.05. The first-order chi connectivity index (χ1) is 15.6. The number of carbonyl (C=O) groups excluding carboxylic acids is 2. The van der Waals surface area contributed by atoms with Gasteiger partial charge in [0.1, 0.15) is 5.69 Å². The quantitative estimate of drug-likeness (QED) is 0.358. The fraction of sp³-hybridized carbons (Fsp3) is 0.182. The summed E-state index contributed by atoms with van der Waals surface area (Å²) in [5.74, 6) is -0.638. The number of hydrogen-bond acceptors (Lipinski definition) is 9. The van der Waals surface area contributed by atoms with E-state index in [-0.39, 0.29) is 24.6 Å². The number of aliphatic hydroxyl groups excluding tert-OH is 1. The molecule has 9 nitrogen and oxygen atoms in total. The molecule has 0 aliphatic carbocycles. The van der Waals surface area contributed by atoms with Crippen molar-refractivity contribution in [2.24, 2.45) is 0 Å². The van der Waals surface area contributed by atoms with Gasteiger partial charge in [-0.25, -0.2) is 4.98 Å². The number of ketones is 1. The summed E-state index contributed by atoms with van der Waals surface area (Å²) in [5.41, 5.74) is 0.555. The lowest BCUT2D eigenvalue weighted by atomic mass is 9.96. The first kappa shape index (κ1) is 20.0. The van der Waals surface area contributed by atoms with Gasteiger partial charge in [0, 0.05) is 17.3 Å². The minimum atomic E-state index is -0.887. The molecule has 0 saturated carbocycles. The SMILES string of the molecule is COc1cc(C2/C(=C(\O)c3cnccn3)C(=O)C(=O)N2Cc2cccs2)cc2c1OCO2. The highest BCUT2D eigenvalue weighted by molar-refractivity contribution is 7.09. The number of thiophene rings is 1. The lowest BCUT2D eigenvalue weighted by molar-refractivity contribution is -0.140. The number of Topliss-reactive ketones (excluding diaryl/α,β-unsaturated/α-hetero) is 1. The van der Waals surface area contributed by atoms with E-state index < -0.39 is 23.5 Å². The van der Waals surface area contributed by atoms with Crippen LogP contribution in [0.2, 0.25) is 0 Å². The smallest absolute Gasteiger partial charge is 0.295 e. The summed E-state index contributed by atoms with van der Waals surface area (Å²) in [6, 6.07) is 6.23. The normalized spacial score (nSPS) is 18.9. The lowest BCUT2D eigenvalue weighted by Gasteiger charge is -2.25. The number of likely N-dealkylation sites (tertiary alicyclic amines) is 1. The van der Waals surface area contributed by atoms with Gasteiger partial charge in [-0.3, -0.25) is 14.6 Å². The Hall–Kier alpha value is -3.92. The molecule has 1 atom stereocenters. The van der Waals surface area contributed by atoms with Crippen molar-refractivity contribution in [3.05, 3.63) is 69.9 Å². The molecule has 1 aromatic carbocycles. The van der Waals surface area contributed by atoms with Crippen LogP contribution in [0.1, 0.15) is 22.2 Å². The maximum atomic E-state index is 13.1. The van der Waals surface area contributed by atoms with Crippen LogP contribution >= 0.6 is 11.3 Å². The molecule has 3 aromatic rings. The van der Waals surface area contributed by atoms with E-state index in [0.29, 0.717) is 22.8 Å². The molecule has 5 rings (SSSR count). The summed E-state index contributed by atoms with van der Waals surface area (Å²) in [6.45, 7) is 0.227. The minimum absolute atomic E-state index is 0.0319. The van der Waals surface area contributed by atoms with Crippen LogP contribution in [0.5, 0.6) is 17.2 Å². The summed E-state index contributed by atoms with van der Waals surface area (Å²) in [5, 5.41) is 12.9. The zero-order valence-electron chi connectivity index (χ0n) is 16.8. The zero-order chi connectivity index (χ0) is 22.2. The van der Waals surface area contributed by atoms with Crippen LogP contribution in [0.4, 0.5) is 0 Å². The van der Waals surface area contributed by atoms with Crippen LogP contribution in [-0.4, -0.2) is 45.6 Å². The van der Waals surface area contributed by atoms with Gasteiger partial charge < -0.3 is 24.2 Å². The van der Waals surface area contributed by atoms with Gasteiger partial charge in [-0.1, -0.05) is 6.07 Å². The average Bonchev–Trinajstić information content (AvgIpc) is 3.56. The van der Waals surface area contributed by atoms with Gasteiger partial charge in [0.25, 0.3) is 11.7 Å². The highest BCUT2D eigenvalue weighted by atomic mass is 32.1. The summed E-state index contributed by atoms with van der Waals surface area (Å²) < 4.78 is 16.4. The standard InChI is InChI=1S/C22H17N3O6S/c1-29-15-7-12(8-16-21(15)31-11-30-16)18-17(19(26)14-9-23-4-5-24-14)20(27)22(28)25(18)10-13-3-2-6-32-13/h2-9,18,26H,10-11H2,1H3/b19-17+. The molecule has 2 aliphatic heterocycles. The fourth-order valence-corrected chi connectivity index (χ4v) is 4.53. The number of nitrogens with zero attached hydrogens (tertiary/aromatic N) is 3. The molecule has 1 N–H and O–H groups in total. The summed E-state index contributed by atoms with van der Waals surface area (Å²) in [7, 11) is 1.49. The molecule has 2 aliphatic rings. The number of aromatic nitrogens is 2. The molecule has 0 bridgehead atoms. The van der Waals surface area contributed by atoms with Gasteiger partial charge in [-0.05, 0) is 29.1 Å². The Morgan fingerprint density at radius 3 is 2.91 bits per heavy atom. The number of methoxy groups -OCH3 is 1. The van der Waals surface area contributed by atoms with E-state index in [9.17, 15) is 14.7 Å². The maximum Gasteiger partial charge on any atom is 0.295 e. The Balaban J connectivity index is 1.70. The van der Waals surface area contributed by atoms with Crippen LogP contribution in [0.3, 0.4) is 0 Å². The molecule has 162 valence electrons. The van der Waals surface area contributed by atoms with Crippen molar-refractivity contribution in [2.45, 2.75) is 12.6 Å². The van der Waals surface area contributed by atoms with Crippen LogP contribution in [-0.2, 0) is 16.1 Å². The number of fused-ring (bicyclic) bond motifs is 1. The predicted molar refractivity (Wildman–Crippen MR) is 113 cm³/mol. The number of ether oxygens (including phenoxy) is 3. The second-order valence-corrected chi connectivity index (χ2v) is 8.09. The van der Waals surface area contributed by atoms with Crippen molar-refractivity contribution in [1.82, 2.24) is 14.9 Å². The van der Waals surface area contributed by atoms with E-state index >= 15 is 0 Å². The van der Waals surface area contributed by atoms with E-state index in [2.05, 4.69) is 9.97 Å². The highest BCUT2D eigenvalue weighted by Gasteiger charge is 2.47. The minimum Gasteiger partial charge on any atom is -0.505 e. The number of hydrogen-bond donors (Lipinski definition) is 1. The Bertz CT molecular complexity index is 1230. The van der Waals surface area contributed by atoms with Gasteiger partial charge in [0.05, 0.1) is 31.5 Å². The monoisotopic (exact) mass is 451 g/mol. The molecular weight excluding hydrogens is 434 g/mol. The third-order valence-electron chi connectivity index (χ3n) is 5.25. The van der Waals surface area contributed by atoms with Crippen LogP contribution in [0.25, 0.3) is 5.76 Å². The van der Waals surface area contributed by atoms with Gasteiger partial charge in [-0.15, -0.1) is 11.3 Å². The second kappa shape index (κ2) is 7.97. The Morgan fingerprint density at radius 1 is 1.31 bits per heavy atom. The van der Waals surface area contributed by atoms with Crippen molar-refractivity contribution in [1.29, 1.82) is 0 Å². The lowest BCUT2D eigenvalue weighted by Crippen LogP contribution is -2.28. The van der Waals surface area contributed by atoms with Crippen molar-refractivity contribution < 1.29 is 28.9 Å². The topological polar surface area (TPSA) is 111 Å². The molecule has 10 heteroatoms. The predicted octanol–water partition coefficient (Wildman–Crippen LogP) is 2.90. The summed E-state index contributed by atoms with van der Waals surface area (Å²) >= 11 is 1.47. The van der Waals surface area contributed by atoms with Crippen LogP contribution < -0.4 is 14.2 Å². The molecule has 4 heterocycles. The number of carbonyl (C=O) groups is 2.